The maximum atomic E-state index is 15.5. The molecule has 2 aromatic heterocycles. The van der Waals surface area contributed by atoms with Gasteiger partial charge in [-0.1, -0.05) is 19.1 Å². The molecule has 4 aromatic rings. The van der Waals surface area contributed by atoms with Crippen molar-refractivity contribution >= 4 is 27.8 Å². The molecule has 0 saturated carbocycles. The molecule has 0 bridgehead atoms. The Morgan fingerprint density at radius 3 is 2.40 bits per heavy atom. The Morgan fingerprint density at radius 1 is 1.07 bits per heavy atom. The van der Waals surface area contributed by atoms with Gasteiger partial charge in [0.05, 0.1) is 36.9 Å². The number of rotatable bonds is 9. The fourth-order valence-electron chi connectivity index (χ4n) is 5.26. The number of carbonyl (C=O) groups is 1. The second-order valence-electron chi connectivity index (χ2n) is 12.5. The van der Waals surface area contributed by atoms with E-state index in [9.17, 15) is 9.59 Å². The van der Waals surface area contributed by atoms with E-state index in [0.717, 1.165) is 5.56 Å². The second-order valence-corrected chi connectivity index (χ2v) is 12.5. The predicted octanol–water partition coefficient (Wildman–Crippen LogP) is 6.76. The van der Waals surface area contributed by atoms with Gasteiger partial charge in [0, 0.05) is 23.2 Å². The first-order valence-electron chi connectivity index (χ1n) is 14.1. The van der Waals surface area contributed by atoms with Crippen LogP contribution in [-0.2, 0) is 11.3 Å². The number of benzene rings is 2. The lowest BCUT2D eigenvalue weighted by atomic mass is 9.92. The van der Waals surface area contributed by atoms with Crippen molar-refractivity contribution in [3.8, 4) is 11.5 Å². The number of aryl methyl sites for hydroxylation is 1. The van der Waals surface area contributed by atoms with Crippen LogP contribution in [0.5, 0.6) is 11.5 Å². The number of hydrogen-bond donors (Lipinski definition) is 1. The Balaban J connectivity index is 1.64. The maximum Gasteiger partial charge on any atom is 0.408 e. The summed E-state index contributed by atoms with van der Waals surface area (Å²) in [6.45, 7) is 13.5. The van der Waals surface area contributed by atoms with Crippen LogP contribution in [-0.4, -0.2) is 40.5 Å². The number of nitrogens with one attached hydrogen (secondary N) is 1. The van der Waals surface area contributed by atoms with Gasteiger partial charge in [0.2, 0.25) is 0 Å². The van der Waals surface area contributed by atoms with Gasteiger partial charge < -0.3 is 24.1 Å². The molecule has 4 rings (SSSR count). The Bertz CT molecular complexity index is 1660. The van der Waals surface area contributed by atoms with Crippen LogP contribution in [0.15, 0.2) is 53.5 Å². The molecule has 1 N–H and O–H groups in total. The van der Waals surface area contributed by atoms with Gasteiger partial charge in [-0.2, -0.15) is 0 Å². The SMILES string of the molecule is COc1ccc(Cn2c(=O)c3c(C)nccc3c3cc(F)c(OCC(C)CC(C)(C)NC(=O)OC(C)(C)C)cc32)cc1. The van der Waals surface area contributed by atoms with Crippen molar-refractivity contribution in [1.29, 1.82) is 0 Å². The average Bonchev–Trinajstić information content (AvgIpc) is 2.88. The van der Waals surface area contributed by atoms with Crippen molar-refractivity contribution in [2.24, 2.45) is 5.92 Å². The number of aromatic nitrogens is 2. The number of hydrogen-bond acceptors (Lipinski definition) is 6. The number of nitrogens with zero attached hydrogens (tertiary/aromatic N) is 2. The number of carbonyl (C=O) groups excluding carboxylic acids is 1. The highest BCUT2D eigenvalue weighted by molar-refractivity contribution is 6.06. The lowest BCUT2D eigenvalue weighted by Crippen LogP contribution is -2.47. The lowest BCUT2D eigenvalue weighted by Gasteiger charge is -2.30. The van der Waals surface area contributed by atoms with Crippen LogP contribution in [0.25, 0.3) is 21.7 Å². The Hall–Kier alpha value is -4.14. The van der Waals surface area contributed by atoms with E-state index in [4.69, 9.17) is 14.2 Å². The van der Waals surface area contributed by atoms with Crippen LogP contribution in [0.3, 0.4) is 0 Å². The zero-order valence-corrected chi connectivity index (χ0v) is 25.6. The smallest absolute Gasteiger partial charge is 0.408 e. The van der Waals surface area contributed by atoms with E-state index in [0.29, 0.717) is 39.5 Å². The topological polar surface area (TPSA) is 91.7 Å². The van der Waals surface area contributed by atoms with Gasteiger partial charge >= 0.3 is 6.09 Å². The third-order valence-corrected chi connectivity index (χ3v) is 6.95. The zero-order valence-electron chi connectivity index (χ0n) is 25.6. The molecule has 0 aliphatic carbocycles. The number of methoxy groups -OCH3 is 1. The molecular formula is C33H40FN3O5. The summed E-state index contributed by atoms with van der Waals surface area (Å²) in [4.78, 5) is 30.4. The van der Waals surface area contributed by atoms with Gasteiger partial charge in [-0.15, -0.1) is 0 Å². The molecule has 224 valence electrons. The van der Waals surface area contributed by atoms with E-state index in [-0.39, 0.29) is 30.4 Å². The van der Waals surface area contributed by atoms with Crippen LogP contribution < -0.4 is 20.3 Å². The fraction of sp³-hybridized carbons (Fsp3) is 0.424. The van der Waals surface area contributed by atoms with Crippen LogP contribution in [0.4, 0.5) is 9.18 Å². The third kappa shape index (κ3) is 7.19. The first-order chi connectivity index (χ1) is 19.7. The van der Waals surface area contributed by atoms with Crippen molar-refractivity contribution in [1.82, 2.24) is 14.9 Å². The number of amides is 1. The summed E-state index contributed by atoms with van der Waals surface area (Å²) in [5, 5.41) is 4.60. The Morgan fingerprint density at radius 2 is 1.76 bits per heavy atom. The molecule has 2 heterocycles. The monoisotopic (exact) mass is 577 g/mol. The molecule has 0 aliphatic rings. The molecule has 42 heavy (non-hydrogen) atoms. The van der Waals surface area contributed by atoms with Crippen LogP contribution >= 0.6 is 0 Å². The van der Waals surface area contributed by atoms with Gasteiger partial charge in [-0.05, 0) is 89.1 Å². The summed E-state index contributed by atoms with van der Waals surface area (Å²) in [6.07, 6.45) is 1.70. The number of fused-ring (bicyclic) bond motifs is 3. The summed E-state index contributed by atoms with van der Waals surface area (Å²) >= 11 is 0. The lowest BCUT2D eigenvalue weighted by molar-refractivity contribution is 0.0455. The highest BCUT2D eigenvalue weighted by atomic mass is 19.1. The van der Waals surface area contributed by atoms with Gasteiger partial charge in [0.25, 0.3) is 5.56 Å². The Labute approximate surface area is 245 Å². The number of pyridine rings is 2. The third-order valence-electron chi connectivity index (χ3n) is 6.95. The number of ether oxygens (including phenoxy) is 3. The molecule has 0 radical (unpaired) electrons. The van der Waals surface area contributed by atoms with Gasteiger partial charge in [0.15, 0.2) is 11.6 Å². The highest BCUT2D eigenvalue weighted by Gasteiger charge is 2.27. The van der Waals surface area contributed by atoms with Crippen molar-refractivity contribution in [3.05, 3.63) is 76.1 Å². The summed E-state index contributed by atoms with van der Waals surface area (Å²) in [6, 6.07) is 12.2. The van der Waals surface area contributed by atoms with Crippen LogP contribution in [0, 0.1) is 18.7 Å². The minimum atomic E-state index is -0.600. The van der Waals surface area contributed by atoms with E-state index in [1.54, 1.807) is 36.9 Å². The summed E-state index contributed by atoms with van der Waals surface area (Å²) in [7, 11) is 1.60. The van der Waals surface area contributed by atoms with Gasteiger partial charge in [0.1, 0.15) is 11.4 Å². The van der Waals surface area contributed by atoms with E-state index < -0.39 is 23.1 Å². The first kappa shape index (κ1) is 30.8. The van der Waals surface area contributed by atoms with Crippen LogP contribution in [0.1, 0.15) is 59.2 Å². The molecule has 9 heteroatoms. The van der Waals surface area contributed by atoms with E-state index >= 15 is 4.39 Å². The quantitative estimate of drug-likeness (QED) is 0.221. The standard InChI is InChI=1S/C33H40FN3O5/c1-20(17-33(6,7)36-31(39)42-32(3,4)5)19-41-28-16-27-25(15-26(28)34)24-13-14-35-21(2)29(24)30(38)37(27)18-22-9-11-23(40-8)12-10-22/h9-16,20H,17-19H2,1-8H3,(H,36,39). The van der Waals surface area contributed by atoms with Crippen molar-refractivity contribution in [2.45, 2.75) is 72.6 Å². The number of halogens is 1. The molecule has 8 nitrogen and oxygen atoms in total. The Kier molecular flexibility index (Phi) is 8.80. The molecule has 1 unspecified atom stereocenters. The van der Waals surface area contributed by atoms with E-state index in [1.807, 2.05) is 65.8 Å². The van der Waals surface area contributed by atoms with E-state index in [2.05, 4.69) is 10.3 Å². The van der Waals surface area contributed by atoms with Crippen LogP contribution in [0.2, 0.25) is 0 Å². The minimum absolute atomic E-state index is 0.0307. The highest BCUT2D eigenvalue weighted by Crippen LogP contribution is 2.31. The zero-order chi connectivity index (χ0) is 30.8. The van der Waals surface area contributed by atoms with Crippen molar-refractivity contribution < 1.29 is 23.4 Å². The summed E-state index contributed by atoms with van der Waals surface area (Å²) in [5.41, 5.74) is 0.651. The largest absolute Gasteiger partial charge is 0.497 e. The molecule has 0 aliphatic heterocycles. The second kappa shape index (κ2) is 12.0. The predicted molar refractivity (Wildman–Crippen MR) is 163 cm³/mol. The number of alkyl carbamates (subject to hydrolysis) is 1. The average molecular weight is 578 g/mol. The van der Waals surface area contributed by atoms with Gasteiger partial charge in [-0.25, -0.2) is 9.18 Å². The van der Waals surface area contributed by atoms with E-state index in [1.165, 1.54) is 6.07 Å². The molecular weight excluding hydrogens is 537 g/mol. The molecule has 1 atom stereocenters. The minimum Gasteiger partial charge on any atom is -0.497 e. The molecule has 0 saturated heterocycles. The van der Waals surface area contributed by atoms with Gasteiger partial charge in [-0.3, -0.25) is 9.78 Å². The van der Waals surface area contributed by atoms with Crippen molar-refractivity contribution in [2.75, 3.05) is 13.7 Å². The summed E-state index contributed by atoms with van der Waals surface area (Å²) in [5.74, 6) is 0.217. The molecule has 1 amide bonds. The fourth-order valence-corrected chi connectivity index (χ4v) is 5.26. The maximum absolute atomic E-state index is 15.5. The summed E-state index contributed by atoms with van der Waals surface area (Å²) < 4.78 is 33.8. The first-order valence-corrected chi connectivity index (χ1v) is 14.1. The normalized spacial score (nSPS) is 12.8. The molecule has 0 fully saturated rings. The van der Waals surface area contributed by atoms with Crippen molar-refractivity contribution in [3.63, 3.8) is 0 Å². The molecule has 0 spiro atoms. The molecule has 2 aromatic carbocycles.